The van der Waals surface area contributed by atoms with Gasteiger partial charge in [0.15, 0.2) is 0 Å². The predicted molar refractivity (Wildman–Crippen MR) is 74.3 cm³/mol. The highest BCUT2D eigenvalue weighted by molar-refractivity contribution is 6.30. The van der Waals surface area contributed by atoms with Crippen LogP contribution in [-0.2, 0) is 13.0 Å². The van der Waals surface area contributed by atoms with Crippen LogP contribution in [0.2, 0.25) is 5.02 Å². The van der Waals surface area contributed by atoms with Crippen LogP contribution in [0, 0.1) is 5.92 Å². The normalized spacial score (nSPS) is 20.1. The lowest BCUT2D eigenvalue weighted by molar-refractivity contribution is 0.239. The van der Waals surface area contributed by atoms with E-state index in [-0.39, 0.29) is 0 Å². The fourth-order valence-electron chi connectivity index (χ4n) is 2.85. The minimum absolute atomic E-state index is 0.592. The van der Waals surface area contributed by atoms with E-state index in [2.05, 4.69) is 12.2 Å². The number of hydrogen-bond donors (Lipinski definition) is 1. The van der Waals surface area contributed by atoms with Gasteiger partial charge >= 0.3 is 0 Å². The van der Waals surface area contributed by atoms with E-state index in [1.807, 2.05) is 12.1 Å². The van der Waals surface area contributed by atoms with E-state index in [1.165, 1.54) is 30.4 Å². The van der Waals surface area contributed by atoms with E-state index in [4.69, 9.17) is 16.3 Å². The number of fused-ring (bicyclic) bond motifs is 1. The van der Waals surface area contributed by atoms with Gasteiger partial charge in [0, 0.05) is 29.6 Å². The van der Waals surface area contributed by atoms with Crippen LogP contribution in [0.4, 0.5) is 0 Å². The molecule has 1 aliphatic heterocycles. The molecule has 3 rings (SSSR count). The molecule has 3 heteroatoms. The van der Waals surface area contributed by atoms with Crippen molar-refractivity contribution in [2.24, 2.45) is 5.92 Å². The second-order valence-electron chi connectivity index (χ2n) is 5.51. The van der Waals surface area contributed by atoms with E-state index >= 15 is 0 Å². The molecule has 0 aromatic heterocycles. The quantitative estimate of drug-likeness (QED) is 0.899. The van der Waals surface area contributed by atoms with Gasteiger partial charge in [-0.25, -0.2) is 0 Å². The zero-order valence-electron chi connectivity index (χ0n) is 10.8. The molecule has 2 aliphatic rings. The van der Waals surface area contributed by atoms with Gasteiger partial charge in [-0.2, -0.15) is 0 Å². The number of benzene rings is 1. The summed E-state index contributed by atoms with van der Waals surface area (Å²) >= 11 is 6.16. The maximum Gasteiger partial charge on any atom is 0.127 e. The van der Waals surface area contributed by atoms with E-state index < -0.39 is 0 Å². The van der Waals surface area contributed by atoms with Crippen molar-refractivity contribution in [3.63, 3.8) is 0 Å². The first-order valence-electron chi connectivity index (χ1n) is 6.91. The molecule has 1 aromatic carbocycles. The van der Waals surface area contributed by atoms with E-state index in [1.54, 1.807) is 0 Å². The molecule has 1 unspecified atom stereocenters. The maximum absolute atomic E-state index is 6.16. The minimum atomic E-state index is 0.592. The largest absolute Gasteiger partial charge is 0.493 e. The summed E-state index contributed by atoms with van der Waals surface area (Å²) in [6, 6.07) is 4.66. The fourth-order valence-corrected chi connectivity index (χ4v) is 3.12. The van der Waals surface area contributed by atoms with Crippen LogP contribution >= 0.6 is 11.6 Å². The Morgan fingerprint density at radius 2 is 2.28 bits per heavy atom. The van der Waals surface area contributed by atoms with Gasteiger partial charge in [-0.15, -0.1) is 0 Å². The van der Waals surface area contributed by atoms with E-state index in [9.17, 15) is 0 Å². The first-order chi connectivity index (χ1) is 8.74. The van der Waals surface area contributed by atoms with Gasteiger partial charge in [0.2, 0.25) is 0 Å². The highest BCUT2D eigenvalue weighted by Crippen LogP contribution is 2.33. The van der Waals surface area contributed by atoms with Crippen molar-refractivity contribution in [1.29, 1.82) is 0 Å². The first-order valence-corrected chi connectivity index (χ1v) is 7.29. The second kappa shape index (κ2) is 5.10. The molecule has 1 heterocycles. The summed E-state index contributed by atoms with van der Waals surface area (Å²) in [4.78, 5) is 0. The molecular weight excluding hydrogens is 246 g/mol. The standard InChI is InChI=1S/C15H20ClNO/c1-10(11-3-2-4-11)17-9-13-8-14(16)7-12-5-6-18-15(12)13/h7-8,10-11,17H,2-6,9H2,1H3. The summed E-state index contributed by atoms with van der Waals surface area (Å²) in [7, 11) is 0. The monoisotopic (exact) mass is 265 g/mol. The molecule has 1 atom stereocenters. The van der Waals surface area contributed by atoms with Gasteiger partial charge in [0.1, 0.15) is 5.75 Å². The highest BCUT2D eigenvalue weighted by atomic mass is 35.5. The van der Waals surface area contributed by atoms with Crippen LogP contribution in [0.3, 0.4) is 0 Å². The molecule has 1 fully saturated rings. The van der Waals surface area contributed by atoms with Gasteiger partial charge in [-0.05, 0) is 43.4 Å². The van der Waals surface area contributed by atoms with Gasteiger partial charge in [-0.3, -0.25) is 0 Å². The minimum Gasteiger partial charge on any atom is -0.493 e. The van der Waals surface area contributed by atoms with Crippen LogP contribution in [0.1, 0.15) is 37.3 Å². The molecule has 1 saturated carbocycles. The average Bonchev–Trinajstić information content (AvgIpc) is 2.71. The number of hydrogen-bond acceptors (Lipinski definition) is 2. The molecule has 0 amide bonds. The number of rotatable bonds is 4. The van der Waals surface area contributed by atoms with Crippen LogP contribution in [0.25, 0.3) is 0 Å². The Labute approximate surface area is 114 Å². The van der Waals surface area contributed by atoms with Gasteiger partial charge in [-0.1, -0.05) is 18.0 Å². The summed E-state index contributed by atoms with van der Waals surface area (Å²) in [5, 5.41) is 4.45. The fraction of sp³-hybridized carbons (Fsp3) is 0.600. The topological polar surface area (TPSA) is 21.3 Å². The SMILES string of the molecule is CC(NCc1cc(Cl)cc2c1OCC2)C1CCC1. The first kappa shape index (κ1) is 12.3. The van der Waals surface area contributed by atoms with Gasteiger partial charge < -0.3 is 10.1 Å². The molecule has 0 spiro atoms. The van der Waals surface area contributed by atoms with Gasteiger partial charge in [0.25, 0.3) is 0 Å². The highest BCUT2D eigenvalue weighted by Gasteiger charge is 2.24. The van der Waals surface area contributed by atoms with Crippen molar-refractivity contribution < 1.29 is 4.74 Å². The molecule has 0 saturated heterocycles. The third-order valence-electron chi connectivity index (χ3n) is 4.30. The molecule has 1 aliphatic carbocycles. The number of nitrogens with one attached hydrogen (secondary N) is 1. The van der Waals surface area contributed by atoms with Crippen molar-refractivity contribution in [3.8, 4) is 5.75 Å². The Morgan fingerprint density at radius 3 is 3.00 bits per heavy atom. The Morgan fingerprint density at radius 1 is 1.44 bits per heavy atom. The summed E-state index contributed by atoms with van der Waals surface area (Å²) in [5.41, 5.74) is 2.47. The molecule has 0 radical (unpaired) electrons. The van der Waals surface area contributed by atoms with Crippen LogP contribution in [-0.4, -0.2) is 12.6 Å². The summed E-state index contributed by atoms with van der Waals surface area (Å²) in [6.07, 6.45) is 5.13. The van der Waals surface area contributed by atoms with Crippen molar-refractivity contribution in [1.82, 2.24) is 5.32 Å². The molecule has 18 heavy (non-hydrogen) atoms. The Kier molecular flexibility index (Phi) is 3.49. The van der Waals surface area contributed by atoms with Crippen molar-refractivity contribution in [2.45, 2.75) is 45.2 Å². The number of halogens is 1. The van der Waals surface area contributed by atoms with Crippen LogP contribution in [0.15, 0.2) is 12.1 Å². The van der Waals surface area contributed by atoms with E-state index in [0.29, 0.717) is 6.04 Å². The van der Waals surface area contributed by atoms with Crippen molar-refractivity contribution in [2.75, 3.05) is 6.61 Å². The van der Waals surface area contributed by atoms with Gasteiger partial charge in [0.05, 0.1) is 6.61 Å². The molecule has 1 aromatic rings. The lowest BCUT2D eigenvalue weighted by Crippen LogP contribution is -2.36. The Bertz CT molecular complexity index is 442. The smallest absolute Gasteiger partial charge is 0.127 e. The van der Waals surface area contributed by atoms with Crippen molar-refractivity contribution >= 4 is 11.6 Å². The third-order valence-corrected chi connectivity index (χ3v) is 4.51. The molecule has 1 N–H and O–H groups in total. The molecule has 0 bridgehead atoms. The second-order valence-corrected chi connectivity index (χ2v) is 5.95. The maximum atomic E-state index is 6.16. The summed E-state index contributed by atoms with van der Waals surface area (Å²) in [6.45, 7) is 3.94. The number of ether oxygens (including phenoxy) is 1. The Hall–Kier alpha value is -0.730. The predicted octanol–water partition coefficient (Wildman–Crippen LogP) is 3.55. The molecule has 98 valence electrons. The zero-order valence-corrected chi connectivity index (χ0v) is 11.6. The third kappa shape index (κ3) is 2.36. The lowest BCUT2D eigenvalue weighted by atomic mass is 9.80. The average molecular weight is 266 g/mol. The molecular formula is C15H20ClNO. The summed E-state index contributed by atoms with van der Waals surface area (Å²) < 4.78 is 5.72. The Balaban J connectivity index is 1.68. The zero-order chi connectivity index (χ0) is 12.5. The lowest BCUT2D eigenvalue weighted by Gasteiger charge is -2.32. The van der Waals surface area contributed by atoms with E-state index in [0.717, 1.165) is 36.3 Å². The molecule has 2 nitrogen and oxygen atoms in total. The van der Waals surface area contributed by atoms with Crippen molar-refractivity contribution in [3.05, 3.63) is 28.3 Å². The summed E-state index contributed by atoms with van der Waals surface area (Å²) in [5.74, 6) is 1.92. The van der Waals surface area contributed by atoms with Crippen LogP contribution < -0.4 is 10.1 Å². The van der Waals surface area contributed by atoms with Crippen LogP contribution in [0.5, 0.6) is 5.75 Å².